The van der Waals surface area contributed by atoms with Crippen LogP contribution < -0.4 is 5.32 Å². The first-order chi connectivity index (χ1) is 33.2. The normalized spacial score (nSPS) is 21.0. The van der Waals surface area contributed by atoms with Gasteiger partial charge in [0.15, 0.2) is 6.29 Å². The summed E-state index contributed by atoms with van der Waals surface area (Å²) in [7, 11) is 0. The molecule has 0 aromatic rings. The molecule has 1 rings (SSSR count). The lowest BCUT2D eigenvalue weighted by molar-refractivity contribution is -0.303. The van der Waals surface area contributed by atoms with Crippen LogP contribution in [0.2, 0.25) is 0 Å². The summed E-state index contributed by atoms with van der Waals surface area (Å²) in [6.45, 7) is 3.41. The fourth-order valence-corrected chi connectivity index (χ4v) is 8.44. The summed E-state index contributed by atoms with van der Waals surface area (Å²) in [5.41, 5.74) is 0. The van der Waals surface area contributed by atoms with Crippen LogP contribution in [0.1, 0.15) is 226 Å². The van der Waals surface area contributed by atoms with E-state index in [0.29, 0.717) is 19.3 Å². The molecule has 9 atom stereocenters. The number of ether oxygens (including phenoxy) is 2. The van der Waals surface area contributed by atoms with Crippen molar-refractivity contribution < 1.29 is 50.0 Å². The van der Waals surface area contributed by atoms with Gasteiger partial charge < -0.3 is 50.5 Å². The zero-order valence-corrected chi connectivity index (χ0v) is 43.1. The molecule has 1 fully saturated rings. The Hall–Kier alpha value is -2.19. The molecule has 9 unspecified atom stereocenters. The Morgan fingerprint density at radius 3 is 1.41 bits per heavy atom. The van der Waals surface area contributed by atoms with E-state index in [-0.39, 0.29) is 12.8 Å². The minimum Gasteiger partial charge on any atom is -0.394 e. The minimum absolute atomic E-state index is 0.237. The highest BCUT2D eigenvalue weighted by atomic mass is 16.7. The van der Waals surface area contributed by atoms with Crippen LogP contribution in [0.15, 0.2) is 60.8 Å². The van der Waals surface area contributed by atoms with E-state index in [1.807, 2.05) is 0 Å². The minimum atomic E-state index is -1.68. The third-order valence-corrected chi connectivity index (χ3v) is 13.0. The van der Waals surface area contributed by atoms with Crippen LogP contribution in [-0.2, 0) is 14.3 Å². The van der Waals surface area contributed by atoms with Gasteiger partial charge in [0, 0.05) is 0 Å². The molecule has 0 spiro atoms. The maximum Gasteiger partial charge on any atom is 0.249 e. The molecule has 1 amide bonds. The lowest BCUT2D eigenvalue weighted by Gasteiger charge is -2.40. The van der Waals surface area contributed by atoms with E-state index in [0.717, 1.165) is 64.2 Å². The maximum atomic E-state index is 13.2. The molecule has 0 saturated carbocycles. The fourth-order valence-electron chi connectivity index (χ4n) is 8.44. The molecular formula is C57H103NO10. The topological polar surface area (TPSA) is 189 Å². The van der Waals surface area contributed by atoms with Gasteiger partial charge in [0.1, 0.15) is 36.6 Å². The molecule has 8 N–H and O–H groups in total. The number of nitrogens with one attached hydrogen (secondary N) is 1. The summed E-state index contributed by atoms with van der Waals surface area (Å²) in [6, 6.07) is -1.20. The van der Waals surface area contributed by atoms with Crippen LogP contribution in [0.25, 0.3) is 0 Å². The lowest BCUT2D eigenvalue weighted by atomic mass is 9.98. The van der Waals surface area contributed by atoms with Crippen molar-refractivity contribution in [1.29, 1.82) is 0 Å². The van der Waals surface area contributed by atoms with Crippen molar-refractivity contribution in [1.82, 2.24) is 5.32 Å². The van der Waals surface area contributed by atoms with Gasteiger partial charge in [-0.2, -0.15) is 0 Å². The molecule has 0 aromatic carbocycles. The number of aliphatic hydroxyl groups is 7. The van der Waals surface area contributed by atoms with E-state index < -0.39 is 74.2 Å². The second-order valence-electron chi connectivity index (χ2n) is 19.3. The average molecular weight is 962 g/mol. The van der Waals surface area contributed by atoms with Crippen LogP contribution in [0, 0.1) is 0 Å². The van der Waals surface area contributed by atoms with Gasteiger partial charge in [-0.3, -0.25) is 4.79 Å². The maximum absolute atomic E-state index is 13.2. The van der Waals surface area contributed by atoms with Crippen molar-refractivity contribution in [2.45, 2.75) is 281 Å². The second kappa shape index (κ2) is 45.9. The second-order valence-corrected chi connectivity index (χ2v) is 19.3. The van der Waals surface area contributed by atoms with Crippen LogP contribution in [0.4, 0.5) is 0 Å². The van der Waals surface area contributed by atoms with Gasteiger partial charge in [-0.25, -0.2) is 0 Å². The molecule has 0 radical (unpaired) electrons. The molecule has 1 aliphatic rings. The number of amides is 1. The number of rotatable bonds is 46. The van der Waals surface area contributed by atoms with E-state index in [1.165, 1.54) is 116 Å². The predicted molar refractivity (Wildman–Crippen MR) is 279 cm³/mol. The zero-order valence-electron chi connectivity index (χ0n) is 43.1. The van der Waals surface area contributed by atoms with Crippen LogP contribution in [0.3, 0.4) is 0 Å². The van der Waals surface area contributed by atoms with Gasteiger partial charge >= 0.3 is 0 Å². The number of allylic oxidation sites excluding steroid dienone is 10. The summed E-state index contributed by atoms with van der Waals surface area (Å²) >= 11 is 0. The third kappa shape index (κ3) is 34.2. The highest BCUT2D eigenvalue weighted by Crippen LogP contribution is 2.23. The molecule has 0 aliphatic carbocycles. The number of unbranched alkanes of at least 4 members (excludes halogenated alkanes) is 24. The van der Waals surface area contributed by atoms with Gasteiger partial charge in [-0.15, -0.1) is 0 Å². The van der Waals surface area contributed by atoms with Crippen molar-refractivity contribution >= 4 is 5.91 Å². The molecule has 1 heterocycles. The smallest absolute Gasteiger partial charge is 0.249 e. The highest BCUT2D eigenvalue weighted by molar-refractivity contribution is 5.80. The Bertz CT molecular complexity index is 1290. The Kier molecular flexibility index (Phi) is 43.1. The largest absolute Gasteiger partial charge is 0.394 e. The van der Waals surface area contributed by atoms with E-state index in [4.69, 9.17) is 9.47 Å². The molecule has 1 aliphatic heterocycles. The van der Waals surface area contributed by atoms with E-state index in [1.54, 1.807) is 0 Å². The SMILES string of the molecule is CCCCCC/C=C/CC/C=C/CC/C=C/CCCC(O)C(O)C(COC1OC(CO)C(O)C(O)C1O)NC(=O)C(O)CCCCCCCCCC/C=C\C/C=C\CCCCCCCCCCC. The van der Waals surface area contributed by atoms with Gasteiger partial charge in [0.2, 0.25) is 5.91 Å². The Balaban J connectivity index is 2.37. The third-order valence-electron chi connectivity index (χ3n) is 13.0. The monoisotopic (exact) mass is 962 g/mol. The average Bonchev–Trinajstić information content (AvgIpc) is 3.34. The Morgan fingerprint density at radius 2 is 0.926 bits per heavy atom. The standard InChI is InChI=1S/C57H103NO10/c1-3-5-7-9-11-13-15-17-19-21-22-23-24-25-26-27-29-31-33-35-37-39-41-43-45-50(61)56(66)58-48(47-67-57-55(65)54(64)53(63)51(46-59)68-57)52(62)49(60)44-42-40-38-36-34-32-30-28-20-18-16-14-12-10-8-6-4-2/h14,16,22-23,25-26,28,30,36,38,48-55,57,59-65H,3-13,15,17-21,24,27,29,31-35,37,39-47H2,1-2H3,(H,58,66)/b16-14+,23-22-,26-25-,30-28+,38-36+. The summed E-state index contributed by atoms with van der Waals surface area (Å²) in [5, 5.41) is 76.0. The quantitative estimate of drug-likeness (QED) is 0.0215. The Labute approximate surface area is 414 Å². The first-order valence-electron chi connectivity index (χ1n) is 27.7. The number of carbonyl (C=O) groups is 1. The van der Waals surface area contributed by atoms with E-state index in [2.05, 4.69) is 79.9 Å². The summed E-state index contributed by atoms with van der Waals surface area (Å²) in [6.07, 6.45) is 46.9. The molecule has 68 heavy (non-hydrogen) atoms. The van der Waals surface area contributed by atoms with Crippen LogP contribution in [-0.4, -0.2) is 110 Å². The van der Waals surface area contributed by atoms with Crippen molar-refractivity contribution in [2.24, 2.45) is 0 Å². The van der Waals surface area contributed by atoms with Crippen molar-refractivity contribution in [3.05, 3.63) is 60.8 Å². The van der Waals surface area contributed by atoms with E-state index in [9.17, 15) is 40.5 Å². The van der Waals surface area contributed by atoms with Crippen LogP contribution in [0.5, 0.6) is 0 Å². The van der Waals surface area contributed by atoms with Crippen molar-refractivity contribution in [3.63, 3.8) is 0 Å². The van der Waals surface area contributed by atoms with E-state index >= 15 is 0 Å². The highest BCUT2D eigenvalue weighted by Gasteiger charge is 2.44. The number of carbonyl (C=O) groups excluding carboxylic acids is 1. The number of hydrogen-bond acceptors (Lipinski definition) is 10. The van der Waals surface area contributed by atoms with Gasteiger partial charge in [0.05, 0.1) is 25.4 Å². The van der Waals surface area contributed by atoms with Gasteiger partial charge in [0.25, 0.3) is 0 Å². The molecular weight excluding hydrogens is 859 g/mol. The molecule has 396 valence electrons. The van der Waals surface area contributed by atoms with Gasteiger partial charge in [-0.1, -0.05) is 190 Å². The summed E-state index contributed by atoms with van der Waals surface area (Å²) in [4.78, 5) is 13.2. The van der Waals surface area contributed by atoms with Crippen molar-refractivity contribution in [3.8, 4) is 0 Å². The van der Waals surface area contributed by atoms with Crippen LogP contribution >= 0.6 is 0 Å². The molecule has 1 saturated heterocycles. The summed E-state index contributed by atoms with van der Waals surface area (Å²) in [5.74, 6) is -0.718. The predicted octanol–water partition coefficient (Wildman–Crippen LogP) is 11.1. The fraction of sp³-hybridized carbons (Fsp3) is 0.807. The molecule has 11 heteroatoms. The van der Waals surface area contributed by atoms with Gasteiger partial charge in [-0.05, 0) is 96.3 Å². The lowest BCUT2D eigenvalue weighted by Crippen LogP contribution is -2.60. The number of hydrogen-bond donors (Lipinski definition) is 8. The number of aliphatic hydroxyl groups excluding tert-OH is 7. The molecule has 11 nitrogen and oxygen atoms in total. The first kappa shape index (κ1) is 63.8. The zero-order chi connectivity index (χ0) is 49.7. The first-order valence-corrected chi connectivity index (χ1v) is 27.7. The summed E-state index contributed by atoms with van der Waals surface area (Å²) < 4.78 is 11.1. The van der Waals surface area contributed by atoms with Crippen molar-refractivity contribution in [2.75, 3.05) is 13.2 Å². The Morgan fingerprint density at radius 1 is 0.515 bits per heavy atom. The molecule has 0 aromatic heterocycles. The molecule has 0 bridgehead atoms.